The Hall–Kier alpha value is -3.33. The highest BCUT2D eigenvalue weighted by atomic mass is 16.2. The Morgan fingerprint density at radius 3 is 2.48 bits per heavy atom. The average molecular weight is 419 g/mol. The summed E-state index contributed by atoms with van der Waals surface area (Å²) in [4.78, 5) is 27.0. The Balaban J connectivity index is 1.60. The van der Waals surface area contributed by atoms with Crippen molar-refractivity contribution in [3.05, 3.63) is 64.7 Å². The number of hydrogen-bond donors (Lipinski definition) is 2. The summed E-state index contributed by atoms with van der Waals surface area (Å²) in [6.07, 6.45) is 3.75. The molecule has 1 heterocycles. The summed E-state index contributed by atoms with van der Waals surface area (Å²) in [7, 11) is 0. The van der Waals surface area contributed by atoms with E-state index >= 15 is 0 Å². The fraction of sp³-hybridized carbons (Fsp3) is 0.400. The van der Waals surface area contributed by atoms with Gasteiger partial charge in [0.15, 0.2) is 0 Å². The van der Waals surface area contributed by atoms with Gasteiger partial charge in [-0.3, -0.25) is 4.79 Å². The lowest BCUT2D eigenvalue weighted by Gasteiger charge is -2.32. The van der Waals surface area contributed by atoms with Gasteiger partial charge in [0.2, 0.25) is 0 Å². The van der Waals surface area contributed by atoms with Crippen LogP contribution in [0.25, 0.3) is 0 Å². The van der Waals surface area contributed by atoms with E-state index < -0.39 is 0 Å². The normalized spacial score (nSPS) is 14.0. The van der Waals surface area contributed by atoms with Crippen molar-refractivity contribution < 1.29 is 9.59 Å². The van der Waals surface area contributed by atoms with Crippen molar-refractivity contribution in [2.45, 2.75) is 45.4 Å². The summed E-state index contributed by atoms with van der Waals surface area (Å²) in [5.74, 6) is 0.395. The molecule has 1 saturated heterocycles. The number of benzene rings is 2. The van der Waals surface area contributed by atoms with E-state index in [9.17, 15) is 9.59 Å². The Bertz CT molecular complexity index is 954. The first-order valence-electron chi connectivity index (χ1n) is 11.0. The number of carbonyl (C=O) groups is 2. The second-order valence-electron chi connectivity index (χ2n) is 8.06. The molecule has 0 atom stereocenters. The minimum Gasteiger partial charge on any atom is -0.339 e. The fourth-order valence-corrected chi connectivity index (χ4v) is 3.86. The van der Waals surface area contributed by atoms with E-state index in [0.717, 1.165) is 31.2 Å². The molecule has 0 spiro atoms. The van der Waals surface area contributed by atoms with Gasteiger partial charge in [-0.25, -0.2) is 4.79 Å². The SMILES string of the molecule is CCCCNC(=O)Nc1cc(C(=O)N2CCC(c3ccc(C#N)cc3)CC2)ccc1C. The maximum absolute atomic E-state index is 13.0. The quantitative estimate of drug-likeness (QED) is 0.660. The molecule has 0 aromatic heterocycles. The number of nitrogens with one attached hydrogen (secondary N) is 2. The predicted molar refractivity (Wildman–Crippen MR) is 122 cm³/mol. The molecule has 31 heavy (non-hydrogen) atoms. The van der Waals surface area contributed by atoms with Gasteiger partial charge < -0.3 is 15.5 Å². The third-order valence-corrected chi connectivity index (χ3v) is 5.84. The van der Waals surface area contributed by atoms with Crippen LogP contribution in [0.4, 0.5) is 10.5 Å². The number of likely N-dealkylation sites (tertiary alicyclic amines) is 1. The molecule has 0 bridgehead atoms. The number of anilines is 1. The van der Waals surface area contributed by atoms with Gasteiger partial charge in [-0.2, -0.15) is 5.26 Å². The second kappa shape index (κ2) is 10.6. The molecule has 6 nitrogen and oxygen atoms in total. The summed E-state index contributed by atoms with van der Waals surface area (Å²) in [6.45, 7) is 6.01. The molecule has 1 aliphatic heterocycles. The minimum absolute atomic E-state index is 0.00674. The van der Waals surface area contributed by atoms with Gasteiger partial charge >= 0.3 is 6.03 Å². The van der Waals surface area contributed by atoms with Gasteiger partial charge in [0.1, 0.15) is 0 Å². The van der Waals surface area contributed by atoms with Crippen LogP contribution in [0.1, 0.15) is 65.6 Å². The summed E-state index contributed by atoms with van der Waals surface area (Å²) >= 11 is 0. The zero-order chi connectivity index (χ0) is 22.2. The van der Waals surface area contributed by atoms with Crippen molar-refractivity contribution in [3.8, 4) is 6.07 Å². The number of hydrogen-bond acceptors (Lipinski definition) is 3. The van der Waals surface area contributed by atoms with E-state index in [1.54, 1.807) is 6.07 Å². The molecule has 2 aromatic rings. The summed E-state index contributed by atoms with van der Waals surface area (Å²) in [6, 6.07) is 15.1. The molecule has 3 rings (SSSR count). The van der Waals surface area contributed by atoms with Gasteiger partial charge in [-0.1, -0.05) is 31.5 Å². The first kappa shape index (κ1) is 22.4. The second-order valence-corrected chi connectivity index (χ2v) is 8.06. The standard InChI is InChI=1S/C25H30N4O2/c1-3-4-13-27-25(31)28-23-16-22(8-5-18(23)2)24(30)29-14-11-21(12-15-29)20-9-6-19(17-26)7-10-20/h5-10,16,21H,3-4,11-15H2,1-2H3,(H2,27,28,31). The lowest BCUT2D eigenvalue weighted by Crippen LogP contribution is -2.38. The van der Waals surface area contributed by atoms with E-state index in [-0.39, 0.29) is 11.9 Å². The lowest BCUT2D eigenvalue weighted by atomic mass is 9.89. The highest BCUT2D eigenvalue weighted by molar-refractivity contribution is 5.97. The zero-order valence-electron chi connectivity index (χ0n) is 18.3. The van der Waals surface area contributed by atoms with Gasteiger partial charge in [0, 0.05) is 30.9 Å². The monoisotopic (exact) mass is 418 g/mol. The molecule has 1 fully saturated rings. The molecular formula is C25H30N4O2. The number of piperidine rings is 1. The first-order chi connectivity index (χ1) is 15.0. The van der Waals surface area contributed by atoms with Gasteiger partial charge in [0.25, 0.3) is 5.91 Å². The van der Waals surface area contributed by atoms with E-state index in [2.05, 4.69) is 23.6 Å². The van der Waals surface area contributed by atoms with E-state index in [1.807, 2.05) is 48.2 Å². The molecule has 2 aromatic carbocycles. The predicted octanol–water partition coefficient (Wildman–Crippen LogP) is 4.81. The molecule has 0 radical (unpaired) electrons. The van der Waals surface area contributed by atoms with Crippen molar-refractivity contribution >= 4 is 17.6 Å². The Kier molecular flexibility index (Phi) is 7.66. The Morgan fingerprint density at radius 1 is 1.13 bits per heavy atom. The highest BCUT2D eigenvalue weighted by Crippen LogP contribution is 2.29. The molecule has 2 N–H and O–H groups in total. The number of nitriles is 1. The number of nitrogens with zero attached hydrogens (tertiary/aromatic N) is 2. The van der Waals surface area contributed by atoms with Crippen molar-refractivity contribution in [1.29, 1.82) is 5.26 Å². The molecular weight excluding hydrogens is 388 g/mol. The maximum Gasteiger partial charge on any atom is 0.319 e. The smallest absolute Gasteiger partial charge is 0.319 e. The van der Waals surface area contributed by atoms with Crippen LogP contribution < -0.4 is 10.6 Å². The van der Waals surface area contributed by atoms with Crippen LogP contribution in [0.2, 0.25) is 0 Å². The van der Waals surface area contributed by atoms with Gasteiger partial charge in [0.05, 0.1) is 11.6 Å². The highest BCUT2D eigenvalue weighted by Gasteiger charge is 2.25. The van der Waals surface area contributed by atoms with Gasteiger partial charge in [-0.05, 0) is 67.5 Å². The van der Waals surface area contributed by atoms with Crippen LogP contribution in [0, 0.1) is 18.3 Å². The summed E-state index contributed by atoms with van der Waals surface area (Å²) in [5.41, 5.74) is 4.06. The largest absolute Gasteiger partial charge is 0.339 e. The van der Waals surface area contributed by atoms with Crippen LogP contribution in [0.15, 0.2) is 42.5 Å². The van der Waals surface area contributed by atoms with Crippen molar-refractivity contribution in [1.82, 2.24) is 10.2 Å². The lowest BCUT2D eigenvalue weighted by molar-refractivity contribution is 0.0713. The third kappa shape index (κ3) is 5.85. The van der Waals surface area contributed by atoms with Crippen LogP contribution in [-0.2, 0) is 0 Å². The van der Waals surface area contributed by atoms with Crippen LogP contribution in [0.3, 0.4) is 0 Å². The number of urea groups is 1. The Labute approximate surface area is 184 Å². The van der Waals surface area contributed by atoms with Crippen LogP contribution >= 0.6 is 0 Å². The van der Waals surface area contributed by atoms with Crippen LogP contribution in [0.5, 0.6) is 0 Å². The average Bonchev–Trinajstić information content (AvgIpc) is 2.80. The summed E-state index contributed by atoms with van der Waals surface area (Å²) < 4.78 is 0. The third-order valence-electron chi connectivity index (χ3n) is 5.84. The molecule has 1 aliphatic rings. The van der Waals surface area contributed by atoms with Crippen molar-refractivity contribution in [2.75, 3.05) is 25.0 Å². The number of unbranched alkanes of at least 4 members (excludes halogenated alkanes) is 1. The zero-order valence-corrected chi connectivity index (χ0v) is 18.3. The van der Waals surface area contributed by atoms with Crippen molar-refractivity contribution in [2.24, 2.45) is 0 Å². The molecule has 0 unspecified atom stereocenters. The fourth-order valence-electron chi connectivity index (χ4n) is 3.86. The van der Waals surface area contributed by atoms with E-state index in [0.29, 0.717) is 42.4 Å². The molecule has 3 amide bonds. The molecule has 6 heteroatoms. The maximum atomic E-state index is 13.0. The summed E-state index contributed by atoms with van der Waals surface area (Å²) in [5, 5.41) is 14.7. The van der Waals surface area contributed by atoms with Gasteiger partial charge in [-0.15, -0.1) is 0 Å². The number of carbonyl (C=O) groups excluding carboxylic acids is 2. The number of amides is 3. The Morgan fingerprint density at radius 2 is 1.84 bits per heavy atom. The van der Waals surface area contributed by atoms with Crippen molar-refractivity contribution in [3.63, 3.8) is 0 Å². The molecule has 0 saturated carbocycles. The topological polar surface area (TPSA) is 85.2 Å². The minimum atomic E-state index is -0.246. The van der Waals surface area contributed by atoms with Crippen LogP contribution in [-0.4, -0.2) is 36.5 Å². The van der Waals surface area contributed by atoms with E-state index in [4.69, 9.17) is 5.26 Å². The number of rotatable bonds is 6. The number of aryl methyl sites for hydroxylation is 1. The van der Waals surface area contributed by atoms with E-state index in [1.165, 1.54) is 5.56 Å². The molecule has 162 valence electrons. The first-order valence-corrected chi connectivity index (χ1v) is 11.0. The molecule has 0 aliphatic carbocycles.